The molecule has 1 aliphatic rings. The average Bonchev–Trinajstić information content (AvgIpc) is 2.85. The second kappa shape index (κ2) is 12.0. The number of aliphatic carboxylic acids is 2. The Morgan fingerprint density at radius 2 is 1.60 bits per heavy atom. The molecule has 0 saturated carbocycles. The van der Waals surface area contributed by atoms with Crippen molar-refractivity contribution < 1.29 is 24.6 Å². The number of carbonyl (C=O) groups excluding carboxylic acids is 1. The van der Waals surface area contributed by atoms with Crippen LogP contribution in [0.25, 0.3) is 10.8 Å². The van der Waals surface area contributed by atoms with Crippen molar-refractivity contribution in [2.24, 2.45) is 7.05 Å². The van der Waals surface area contributed by atoms with Gasteiger partial charge in [0.05, 0.1) is 6.42 Å². The number of amides is 1. The van der Waals surface area contributed by atoms with Crippen LogP contribution in [0.4, 0.5) is 5.69 Å². The smallest absolute Gasteiger partial charge is 0.303 e. The Balaban J connectivity index is 0.000000196. The summed E-state index contributed by atoms with van der Waals surface area (Å²) < 4.78 is 1.60. The monoisotopic (exact) mass is 478 g/mol. The molecule has 0 aliphatic carbocycles. The number of rotatable bonds is 7. The van der Waals surface area contributed by atoms with Gasteiger partial charge in [-0.15, -0.1) is 0 Å². The second-order valence-electron chi connectivity index (χ2n) is 8.51. The van der Waals surface area contributed by atoms with Gasteiger partial charge >= 0.3 is 11.9 Å². The molecule has 2 heterocycles. The highest BCUT2D eigenvalue weighted by Gasteiger charge is 2.22. The maximum absolute atomic E-state index is 12.1. The molecule has 1 aromatic heterocycles. The molecular weight excluding hydrogens is 448 g/mol. The summed E-state index contributed by atoms with van der Waals surface area (Å²) in [5.41, 5.74) is 2.95. The Kier molecular flexibility index (Phi) is 8.78. The predicted octanol–water partition coefficient (Wildman–Crippen LogP) is 3.78. The van der Waals surface area contributed by atoms with Gasteiger partial charge in [-0.05, 0) is 54.8 Å². The summed E-state index contributed by atoms with van der Waals surface area (Å²) in [6.07, 6.45) is 3.17. The van der Waals surface area contributed by atoms with Gasteiger partial charge in [0, 0.05) is 43.2 Å². The van der Waals surface area contributed by atoms with E-state index < -0.39 is 11.9 Å². The van der Waals surface area contributed by atoms with E-state index in [0.717, 1.165) is 29.6 Å². The van der Waals surface area contributed by atoms with Gasteiger partial charge < -0.3 is 19.7 Å². The van der Waals surface area contributed by atoms with Crippen LogP contribution < -0.4 is 10.5 Å². The predicted molar refractivity (Wildman–Crippen MR) is 134 cm³/mol. The average molecular weight is 479 g/mol. The fraction of sp³-hybridized carbons (Fsp3) is 0.333. The van der Waals surface area contributed by atoms with Crippen molar-refractivity contribution in [3.05, 3.63) is 76.2 Å². The molecule has 0 fully saturated rings. The quantitative estimate of drug-likeness (QED) is 0.534. The number of hydrogen-bond acceptors (Lipinski definition) is 4. The Morgan fingerprint density at radius 1 is 0.914 bits per heavy atom. The minimum atomic E-state index is -0.927. The molecule has 0 saturated heterocycles. The van der Waals surface area contributed by atoms with E-state index >= 15 is 0 Å². The van der Waals surface area contributed by atoms with Gasteiger partial charge in [0.25, 0.3) is 5.56 Å². The Bertz CT molecular complexity index is 1280. The molecule has 0 bridgehead atoms. The molecule has 2 aromatic carbocycles. The molecule has 8 nitrogen and oxygen atoms in total. The maximum Gasteiger partial charge on any atom is 0.303 e. The van der Waals surface area contributed by atoms with E-state index in [1.165, 1.54) is 5.56 Å². The fourth-order valence-corrected chi connectivity index (χ4v) is 4.21. The zero-order valence-electron chi connectivity index (χ0n) is 19.8. The number of aromatic nitrogens is 1. The van der Waals surface area contributed by atoms with Crippen LogP contribution >= 0.6 is 0 Å². The molecule has 1 aliphatic heterocycles. The summed E-state index contributed by atoms with van der Waals surface area (Å²) in [4.78, 5) is 46.7. The van der Waals surface area contributed by atoms with Crippen LogP contribution in [0, 0.1) is 0 Å². The zero-order chi connectivity index (χ0) is 25.4. The minimum Gasteiger partial charge on any atom is -0.481 e. The fourth-order valence-electron chi connectivity index (χ4n) is 4.21. The number of pyridine rings is 1. The topological polar surface area (TPSA) is 117 Å². The minimum absolute atomic E-state index is 0.0292. The molecule has 0 unspecified atom stereocenters. The third kappa shape index (κ3) is 6.79. The number of para-hydroxylation sites is 1. The largest absolute Gasteiger partial charge is 0.481 e. The zero-order valence-corrected chi connectivity index (χ0v) is 19.8. The van der Waals surface area contributed by atoms with E-state index in [2.05, 4.69) is 0 Å². The van der Waals surface area contributed by atoms with Crippen LogP contribution in [0.2, 0.25) is 0 Å². The molecule has 1 amide bonds. The van der Waals surface area contributed by atoms with Crippen molar-refractivity contribution in [3.8, 4) is 0 Å². The number of aryl methyl sites for hydroxylation is 2. The van der Waals surface area contributed by atoms with E-state index in [4.69, 9.17) is 10.2 Å². The molecule has 0 atom stereocenters. The first-order valence-electron chi connectivity index (χ1n) is 11.7. The lowest BCUT2D eigenvalue weighted by molar-refractivity contribution is -0.138. The summed E-state index contributed by atoms with van der Waals surface area (Å²) in [7, 11) is 1.73. The van der Waals surface area contributed by atoms with Crippen molar-refractivity contribution in [2.75, 3.05) is 11.4 Å². The van der Waals surface area contributed by atoms with Gasteiger partial charge in [0.2, 0.25) is 5.91 Å². The standard InChI is InChI=1S/C14H15NO3.C13H15NO3/c1-15-11(6-4-8-13(16)17)9-10-5-2-3-7-12(10)14(15)18;15-12(7-8-13(16)17)14-9-3-5-10-4-1-2-6-11(10)14/h2-3,5,7,9H,4,6,8H2,1H3,(H,16,17);1-2,4,6H,3,5,7-9H2,(H,16,17). The number of nitrogens with zero attached hydrogens (tertiary/aromatic N) is 2. The third-order valence-corrected chi connectivity index (χ3v) is 6.04. The summed E-state index contributed by atoms with van der Waals surface area (Å²) >= 11 is 0. The Hall–Kier alpha value is -3.94. The lowest BCUT2D eigenvalue weighted by Crippen LogP contribution is -2.35. The van der Waals surface area contributed by atoms with Crippen LogP contribution in [0.1, 0.15) is 43.4 Å². The van der Waals surface area contributed by atoms with E-state index in [1.807, 2.05) is 48.5 Å². The van der Waals surface area contributed by atoms with Crippen LogP contribution in [-0.2, 0) is 34.3 Å². The molecule has 4 rings (SSSR count). The molecule has 184 valence electrons. The summed E-state index contributed by atoms with van der Waals surface area (Å²) in [6, 6.07) is 17.2. The van der Waals surface area contributed by atoms with E-state index in [1.54, 1.807) is 22.6 Å². The number of anilines is 1. The van der Waals surface area contributed by atoms with Gasteiger partial charge in [-0.25, -0.2) is 0 Å². The first kappa shape index (κ1) is 25.7. The van der Waals surface area contributed by atoms with Gasteiger partial charge in [0.1, 0.15) is 0 Å². The van der Waals surface area contributed by atoms with Gasteiger partial charge in [-0.1, -0.05) is 36.4 Å². The molecule has 8 heteroatoms. The van der Waals surface area contributed by atoms with Crippen molar-refractivity contribution in [3.63, 3.8) is 0 Å². The van der Waals surface area contributed by atoms with Crippen LogP contribution in [-0.4, -0.2) is 39.2 Å². The number of carbonyl (C=O) groups is 3. The van der Waals surface area contributed by atoms with E-state index in [-0.39, 0.29) is 30.7 Å². The molecule has 0 radical (unpaired) electrons. The number of benzene rings is 2. The highest BCUT2D eigenvalue weighted by molar-refractivity contribution is 5.95. The summed E-state index contributed by atoms with van der Waals surface area (Å²) in [5.74, 6) is -1.83. The normalized spacial score (nSPS) is 12.4. The third-order valence-electron chi connectivity index (χ3n) is 6.04. The number of carboxylic acid groups (broad SMARTS) is 2. The molecule has 0 spiro atoms. The second-order valence-corrected chi connectivity index (χ2v) is 8.51. The van der Waals surface area contributed by atoms with E-state index in [9.17, 15) is 19.2 Å². The summed E-state index contributed by atoms with van der Waals surface area (Å²) in [5, 5.41) is 18.8. The highest BCUT2D eigenvalue weighted by Crippen LogP contribution is 2.27. The molecule has 2 N–H and O–H groups in total. The molecule has 3 aromatic rings. The van der Waals surface area contributed by atoms with Crippen molar-refractivity contribution >= 4 is 34.3 Å². The number of fused-ring (bicyclic) bond motifs is 2. The van der Waals surface area contributed by atoms with Gasteiger partial charge in [-0.2, -0.15) is 0 Å². The lowest BCUT2D eigenvalue weighted by atomic mass is 10.0. The summed E-state index contributed by atoms with van der Waals surface area (Å²) in [6.45, 7) is 0.690. The first-order valence-corrected chi connectivity index (χ1v) is 11.7. The SMILES string of the molecule is Cn1c(CCCC(=O)O)cc2ccccc2c1=O.O=C(O)CCC(=O)N1CCCc2ccccc21. The molecule has 35 heavy (non-hydrogen) atoms. The van der Waals surface area contributed by atoms with Crippen molar-refractivity contribution in [1.29, 1.82) is 0 Å². The molecular formula is C27H30N2O6. The van der Waals surface area contributed by atoms with Crippen molar-refractivity contribution in [1.82, 2.24) is 4.57 Å². The Labute approximate surface area is 203 Å². The van der Waals surface area contributed by atoms with Crippen LogP contribution in [0.3, 0.4) is 0 Å². The van der Waals surface area contributed by atoms with E-state index in [0.29, 0.717) is 24.8 Å². The number of carboxylic acids is 2. The lowest BCUT2D eigenvalue weighted by Gasteiger charge is -2.29. The number of hydrogen-bond donors (Lipinski definition) is 2. The van der Waals surface area contributed by atoms with Crippen LogP contribution in [0.5, 0.6) is 0 Å². The Morgan fingerprint density at radius 3 is 2.34 bits per heavy atom. The van der Waals surface area contributed by atoms with Gasteiger partial charge in [0.15, 0.2) is 0 Å². The van der Waals surface area contributed by atoms with Crippen molar-refractivity contribution in [2.45, 2.75) is 44.9 Å². The first-order chi connectivity index (χ1) is 16.8. The van der Waals surface area contributed by atoms with Gasteiger partial charge in [-0.3, -0.25) is 19.2 Å². The maximum atomic E-state index is 12.1. The van der Waals surface area contributed by atoms with Crippen LogP contribution in [0.15, 0.2) is 59.4 Å². The highest BCUT2D eigenvalue weighted by atomic mass is 16.4.